The van der Waals surface area contributed by atoms with Crippen LogP contribution in [0.1, 0.15) is 38.4 Å². The average molecular weight is 549 g/mol. The summed E-state index contributed by atoms with van der Waals surface area (Å²) in [7, 11) is -3.54. The van der Waals surface area contributed by atoms with Crippen LogP contribution in [0.5, 0.6) is 0 Å². The maximum Gasteiger partial charge on any atom is 0.271 e. The van der Waals surface area contributed by atoms with Gasteiger partial charge in [-0.3, -0.25) is 9.10 Å². The molecule has 7 nitrogen and oxygen atoms in total. The first kappa shape index (κ1) is 27.2. The fraction of sp³-hybridized carbons (Fsp3) is 0.172. The van der Waals surface area contributed by atoms with Crippen LogP contribution in [0.25, 0.3) is 5.69 Å². The monoisotopic (exact) mass is 548 g/mol. The fourth-order valence-electron chi connectivity index (χ4n) is 4.28. The number of anilines is 1. The van der Waals surface area contributed by atoms with E-state index < -0.39 is 15.9 Å². The van der Waals surface area contributed by atoms with Crippen molar-refractivity contribution in [2.45, 2.75) is 27.3 Å². The van der Waals surface area contributed by atoms with E-state index in [-0.39, 0.29) is 6.54 Å². The Morgan fingerprint density at radius 2 is 1.71 bits per heavy atom. The molecule has 9 heteroatoms. The highest BCUT2D eigenvalue weighted by Gasteiger charge is 2.19. The Balaban J connectivity index is 1.47. The van der Waals surface area contributed by atoms with Gasteiger partial charge in [0.15, 0.2) is 0 Å². The summed E-state index contributed by atoms with van der Waals surface area (Å²) in [5, 5.41) is 4.79. The number of sulfonamides is 1. The van der Waals surface area contributed by atoms with E-state index in [9.17, 15) is 13.2 Å². The van der Waals surface area contributed by atoms with E-state index in [1.165, 1.54) is 10.6 Å². The number of hydrazone groups is 1. The molecular formula is C29H29ClN4O3S. The van der Waals surface area contributed by atoms with Gasteiger partial charge >= 0.3 is 0 Å². The molecule has 0 aliphatic carbocycles. The zero-order chi connectivity index (χ0) is 27.4. The molecule has 1 aromatic heterocycles. The number of hydrogen-bond donors (Lipinski definition) is 1. The van der Waals surface area contributed by atoms with Gasteiger partial charge in [-0.1, -0.05) is 41.9 Å². The molecule has 0 fully saturated rings. The number of hydrogen-bond acceptors (Lipinski definition) is 4. The van der Waals surface area contributed by atoms with Gasteiger partial charge in [0.05, 0.1) is 24.7 Å². The standard InChI is InChI=1S/C29H29ClN4O3S/c1-20-8-5-6-9-24(20)19-33(38(4,36)37)27-14-12-23(13-15-27)29(35)32-31-18-25-16-21(2)34(22(25)3)28-11-7-10-26(30)17-28/h5-18H,19H2,1-4H3,(H,32,35)/b31-18-. The molecule has 0 atom stereocenters. The minimum atomic E-state index is -3.54. The van der Waals surface area contributed by atoms with Crippen molar-refractivity contribution < 1.29 is 13.2 Å². The molecule has 1 N–H and O–H groups in total. The van der Waals surface area contributed by atoms with Crippen molar-refractivity contribution in [3.05, 3.63) is 118 Å². The van der Waals surface area contributed by atoms with Crippen LogP contribution in [0.4, 0.5) is 5.69 Å². The molecule has 4 aromatic rings. The Morgan fingerprint density at radius 3 is 2.37 bits per heavy atom. The number of amides is 1. The highest BCUT2D eigenvalue weighted by atomic mass is 35.5. The molecule has 0 radical (unpaired) electrons. The van der Waals surface area contributed by atoms with E-state index in [2.05, 4.69) is 15.1 Å². The molecule has 0 saturated carbocycles. The summed E-state index contributed by atoms with van der Waals surface area (Å²) in [5.74, 6) is -0.402. The second-order valence-electron chi connectivity index (χ2n) is 9.08. The third kappa shape index (κ3) is 6.15. The number of nitrogens with zero attached hydrogens (tertiary/aromatic N) is 3. The highest BCUT2D eigenvalue weighted by Crippen LogP contribution is 2.24. The molecule has 0 spiro atoms. The van der Waals surface area contributed by atoms with E-state index >= 15 is 0 Å². The molecule has 1 amide bonds. The largest absolute Gasteiger partial charge is 0.318 e. The van der Waals surface area contributed by atoms with Gasteiger partial charge < -0.3 is 4.57 Å². The molecule has 0 saturated heterocycles. The maximum atomic E-state index is 12.7. The number of aryl methyl sites for hydroxylation is 2. The summed E-state index contributed by atoms with van der Waals surface area (Å²) in [6.45, 7) is 6.11. The van der Waals surface area contributed by atoms with Crippen molar-refractivity contribution in [1.29, 1.82) is 0 Å². The van der Waals surface area contributed by atoms with Gasteiger partial charge in [0.1, 0.15) is 0 Å². The Morgan fingerprint density at radius 1 is 1.00 bits per heavy atom. The Labute approximate surface area is 228 Å². The molecule has 0 aliphatic heterocycles. The molecule has 196 valence electrons. The first-order valence-corrected chi connectivity index (χ1v) is 14.2. The Kier molecular flexibility index (Phi) is 8.04. The lowest BCUT2D eigenvalue weighted by Crippen LogP contribution is -2.29. The number of rotatable bonds is 8. The molecule has 3 aromatic carbocycles. The second-order valence-corrected chi connectivity index (χ2v) is 11.4. The molecule has 38 heavy (non-hydrogen) atoms. The normalized spacial score (nSPS) is 11.6. The summed E-state index contributed by atoms with van der Waals surface area (Å²) >= 11 is 6.16. The lowest BCUT2D eigenvalue weighted by molar-refractivity contribution is 0.0955. The zero-order valence-electron chi connectivity index (χ0n) is 21.6. The van der Waals surface area contributed by atoms with E-state index in [0.29, 0.717) is 16.3 Å². The molecule has 0 aliphatic rings. The molecular weight excluding hydrogens is 520 g/mol. The smallest absolute Gasteiger partial charge is 0.271 e. The van der Waals surface area contributed by atoms with Crippen LogP contribution in [-0.2, 0) is 16.6 Å². The summed E-state index contributed by atoms with van der Waals surface area (Å²) < 4.78 is 28.4. The second kappa shape index (κ2) is 11.2. The van der Waals surface area contributed by atoms with Gasteiger partial charge in [-0.15, -0.1) is 0 Å². The SMILES string of the molecule is Cc1ccccc1CN(c1ccc(C(=O)N/N=C\c2cc(C)n(-c3cccc(Cl)c3)c2C)cc1)S(C)(=O)=O. The highest BCUT2D eigenvalue weighted by molar-refractivity contribution is 7.92. The van der Waals surface area contributed by atoms with Gasteiger partial charge in [-0.2, -0.15) is 5.10 Å². The zero-order valence-corrected chi connectivity index (χ0v) is 23.2. The topological polar surface area (TPSA) is 83.8 Å². The molecule has 0 unspecified atom stereocenters. The summed E-state index contributed by atoms with van der Waals surface area (Å²) in [6.07, 6.45) is 2.77. The number of nitrogens with one attached hydrogen (secondary N) is 1. The predicted molar refractivity (Wildman–Crippen MR) is 154 cm³/mol. The van der Waals surface area contributed by atoms with Gasteiger partial charge in [-0.05, 0) is 80.4 Å². The van der Waals surface area contributed by atoms with Crippen LogP contribution in [-0.4, -0.2) is 31.4 Å². The lowest BCUT2D eigenvalue weighted by Gasteiger charge is -2.23. The molecule has 4 rings (SSSR count). The van der Waals surface area contributed by atoms with Crippen LogP contribution in [0.3, 0.4) is 0 Å². The van der Waals surface area contributed by atoms with Gasteiger partial charge in [0.25, 0.3) is 5.91 Å². The van der Waals surface area contributed by atoms with Crippen molar-refractivity contribution in [3.8, 4) is 5.69 Å². The van der Waals surface area contributed by atoms with Crippen molar-refractivity contribution in [3.63, 3.8) is 0 Å². The summed E-state index contributed by atoms with van der Waals surface area (Å²) in [6, 6.07) is 23.6. The van der Waals surface area contributed by atoms with Crippen molar-refractivity contribution in [1.82, 2.24) is 9.99 Å². The van der Waals surface area contributed by atoms with Crippen molar-refractivity contribution in [2.75, 3.05) is 10.6 Å². The third-order valence-corrected chi connectivity index (χ3v) is 7.68. The van der Waals surface area contributed by atoms with Crippen LogP contribution in [0.15, 0.2) is 84.0 Å². The van der Waals surface area contributed by atoms with Crippen LogP contribution >= 0.6 is 11.6 Å². The van der Waals surface area contributed by atoms with Gasteiger partial charge in [0, 0.05) is 33.2 Å². The van der Waals surface area contributed by atoms with E-state index in [1.54, 1.807) is 30.5 Å². The van der Waals surface area contributed by atoms with E-state index in [4.69, 9.17) is 11.6 Å². The van der Waals surface area contributed by atoms with Gasteiger partial charge in [0.2, 0.25) is 10.0 Å². The summed E-state index contributed by atoms with van der Waals surface area (Å²) in [4.78, 5) is 12.7. The number of halogens is 1. The van der Waals surface area contributed by atoms with E-state index in [0.717, 1.165) is 33.8 Å². The minimum Gasteiger partial charge on any atom is -0.318 e. The lowest BCUT2D eigenvalue weighted by atomic mass is 10.1. The Hall–Kier alpha value is -3.88. The van der Waals surface area contributed by atoms with Crippen molar-refractivity contribution in [2.24, 2.45) is 5.10 Å². The van der Waals surface area contributed by atoms with Crippen molar-refractivity contribution >= 4 is 39.4 Å². The maximum absolute atomic E-state index is 12.7. The first-order chi connectivity index (χ1) is 18.0. The predicted octanol–water partition coefficient (Wildman–Crippen LogP) is 5.79. The van der Waals surface area contributed by atoms with E-state index in [1.807, 2.05) is 75.4 Å². The minimum absolute atomic E-state index is 0.203. The Bertz CT molecular complexity index is 1610. The average Bonchev–Trinajstić information content (AvgIpc) is 3.15. The number of benzene rings is 3. The van der Waals surface area contributed by atoms with Crippen LogP contribution in [0, 0.1) is 20.8 Å². The first-order valence-electron chi connectivity index (χ1n) is 11.9. The van der Waals surface area contributed by atoms with Crippen LogP contribution in [0.2, 0.25) is 5.02 Å². The number of carbonyl (C=O) groups is 1. The van der Waals surface area contributed by atoms with Gasteiger partial charge in [-0.25, -0.2) is 13.8 Å². The number of aromatic nitrogens is 1. The molecule has 1 heterocycles. The fourth-order valence-corrected chi connectivity index (χ4v) is 5.34. The quantitative estimate of drug-likeness (QED) is 0.223. The number of carbonyl (C=O) groups excluding carboxylic acids is 1. The van der Waals surface area contributed by atoms with Crippen LogP contribution < -0.4 is 9.73 Å². The summed E-state index contributed by atoms with van der Waals surface area (Å²) in [5.41, 5.74) is 9.07. The molecule has 0 bridgehead atoms. The third-order valence-electron chi connectivity index (χ3n) is 6.30.